The van der Waals surface area contributed by atoms with E-state index in [1.165, 1.54) is 6.92 Å². The zero-order valence-corrected chi connectivity index (χ0v) is 11.0. The van der Waals surface area contributed by atoms with Crippen molar-refractivity contribution in [1.82, 2.24) is 4.98 Å². The van der Waals surface area contributed by atoms with E-state index in [-0.39, 0.29) is 11.6 Å². The molecule has 7 heteroatoms. The molecule has 0 aliphatic heterocycles. The van der Waals surface area contributed by atoms with Gasteiger partial charge in [-0.1, -0.05) is 6.92 Å². The number of anilines is 2. The molecule has 4 N–H and O–H groups in total. The van der Waals surface area contributed by atoms with Crippen molar-refractivity contribution in [3.05, 3.63) is 17.7 Å². The first-order chi connectivity index (χ1) is 8.95. The standard InChI is InChI=1S/C12H19F2N3O2/c1-3-4-15-10-8(13)5-9(14)11(16-10)17-12(2,6-18)7-19/h5,18-19H,3-4,6-7H2,1-2H3,(H2,15,16,17). The summed E-state index contributed by atoms with van der Waals surface area (Å²) in [5.41, 5.74) is -1.13. The van der Waals surface area contributed by atoms with E-state index in [9.17, 15) is 8.78 Å². The SMILES string of the molecule is CCCNc1nc(NC(C)(CO)CO)c(F)cc1F. The number of nitrogens with zero attached hydrogens (tertiary/aromatic N) is 1. The van der Waals surface area contributed by atoms with Crippen molar-refractivity contribution in [3.63, 3.8) is 0 Å². The largest absolute Gasteiger partial charge is 0.394 e. The molecule has 0 atom stereocenters. The predicted octanol–water partition coefficient (Wildman–Crippen LogP) is 1.34. The fraction of sp³-hybridized carbons (Fsp3) is 0.583. The Morgan fingerprint density at radius 2 is 1.79 bits per heavy atom. The van der Waals surface area contributed by atoms with Crippen molar-refractivity contribution in [2.45, 2.75) is 25.8 Å². The molecule has 0 bridgehead atoms. The van der Waals surface area contributed by atoms with E-state index in [1.54, 1.807) is 0 Å². The Labute approximate surface area is 110 Å². The van der Waals surface area contributed by atoms with Gasteiger partial charge in [-0.2, -0.15) is 0 Å². The van der Waals surface area contributed by atoms with Crippen LogP contribution in [0.5, 0.6) is 0 Å². The fourth-order valence-corrected chi connectivity index (χ4v) is 1.34. The minimum atomic E-state index is -1.13. The number of pyridine rings is 1. The molecule has 108 valence electrons. The van der Waals surface area contributed by atoms with Crippen LogP contribution in [0.1, 0.15) is 20.3 Å². The second-order valence-electron chi connectivity index (χ2n) is 4.58. The topological polar surface area (TPSA) is 77.4 Å². The summed E-state index contributed by atoms with van der Waals surface area (Å²) in [6, 6.07) is 0.711. The van der Waals surface area contributed by atoms with Crippen LogP contribution in [0.4, 0.5) is 20.4 Å². The average Bonchev–Trinajstić information content (AvgIpc) is 2.40. The maximum absolute atomic E-state index is 13.6. The van der Waals surface area contributed by atoms with Gasteiger partial charge in [-0.25, -0.2) is 13.8 Å². The summed E-state index contributed by atoms with van der Waals surface area (Å²) in [5, 5.41) is 23.6. The molecule has 0 aliphatic rings. The third-order valence-corrected chi connectivity index (χ3v) is 2.59. The van der Waals surface area contributed by atoms with Crippen molar-refractivity contribution >= 4 is 11.6 Å². The highest BCUT2D eigenvalue weighted by atomic mass is 19.1. The Kier molecular flexibility index (Phi) is 5.44. The zero-order chi connectivity index (χ0) is 14.5. The monoisotopic (exact) mass is 275 g/mol. The van der Waals surface area contributed by atoms with Crippen molar-refractivity contribution in [3.8, 4) is 0 Å². The van der Waals surface area contributed by atoms with E-state index in [4.69, 9.17) is 10.2 Å². The zero-order valence-electron chi connectivity index (χ0n) is 11.0. The van der Waals surface area contributed by atoms with Gasteiger partial charge in [0.1, 0.15) is 0 Å². The second-order valence-corrected chi connectivity index (χ2v) is 4.58. The Hall–Kier alpha value is -1.47. The molecule has 5 nitrogen and oxygen atoms in total. The van der Waals surface area contributed by atoms with Gasteiger partial charge < -0.3 is 20.8 Å². The second kappa shape index (κ2) is 6.63. The van der Waals surface area contributed by atoms with E-state index < -0.39 is 30.4 Å². The van der Waals surface area contributed by atoms with Crippen LogP contribution in [-0.4, -0.2) is 40.5 Å². The number of halogens is 2. The molecule has 0 radical (unpaired) electrons. The summed E-state index contributed by atoms with van der Waals surface area (Å²) in [6.07, 6.45) is 0.770. The maximum atomic E-state index is 13.6. The summed E-state index contributed by atoms with van der Waals surface area (Å²) in [6.45, 7) is 3.07. The average molecular weight is 275 g/mol. The van der Waals surface area contributed by atoms with Crippen LogP contribution >= 0.6 is 0 Å². The summed E-state index contributed by atoms with van der Waals surface area (Å²) in [7, 11) is 0. The first-order valence-corrected chi connectivity index (χ1v) is 6.05. The molecule has 1 rings (SSSR count). The lowest BCUT2D eigenvalue weighted by Crippen LogP contribution is -2.43. The van der Waals surface area contributed by atoms with E-state index in [1.807, 2.05) is 6.92 Å². The fourth-order valence-electron chi connectivity index (χ4n) is 1.34. The van der Waals surface area contributed by atoms with Gasteiger partial charge in [0, 0.05) is 12.6 Å². The van der Waals surface area contributed by atoms with Crippen LogP contribution < -0.4 is 10.6 Å². The van der Waals surface area contributed by atoms with Gasteiger partial charge in [0.2, 0.25) is 0 Å². The van der Waals surface area contributed by atoms with Crippen LogP contribution in [0.2, 0.25) is 0 Å². The van der Waals surface area contributed by atoms with Crippen LogP contribution in [0.15, 0.2) is 6.07 Å². The van der Waals surface area contributed by atoms with Gasteiger partial charge in [-0.05, 0) is 13.3 Å². The normalized spacial score (nSPS) is 11.5. The van der Waals surface area contributed by atoms with Gasteiger partial charge in [0.25, 0.3) is 0 Å². The number of aliphatic hydroxyl groups is 2. The smallest absolute Gasteiger partial charge is 0.168 e. The van der Waals surface area contributed by atoms with Crippen LogP contribution in [0.3, 0.4) is 0 Å². The van der Waals surface area contributed by atoms with Gasteiger partial charge >= 0.3 is 0 Å². The first-order valence-electron chi connectivity index (χ1n) is 6.05. The summed E-state index contributed by atoms with van der Waals surface area (Å²) in [4.78, 5) is 3.80. The van der Waals surface area contributed by atoms with E-state index in [0.29, 0.717) is 12.6 Å². The quantitative estimate of drug-likeness (QED) is 0.604. The van der Waals surface area contributed by atoms with Crippen LogP contribution in [-0.2, 0) is 0 Å². The molecule has 19 heavy (non-hydrogen) atoms. The third-order valence-electron chi connectivity index (χ3n) is 2.59. The molecule has 1 heterocycles. The predicted molar refractivity (Wildman–Crippen MR) is 69.1 cm³/mol. The summed E-state index contributed by atoms with van der Waals surface area (Å²) < 4.78 is 27.1. The number of aromatic nitrogens is 1. The number of hydrogen-bond acceptors (Lipinski definition) is 5. The van der Waals surface area contributed by atoms with Crippen molar-refractivity contribution in [2.75, 3.05) is 30.4 Å². The minimum Gasteiger partial charge on any atom is -0.394 e. The maximum Gasteiger partial charge on any atom is 0.168 e. The molecule has 1 aromatic heterocycles. The molecule has 1 aromatic rings. The molecule has 0 saturated heterocycles. The van der Waals surface area contributed by atoms with Gasteiger partial charge in [-0.3, -0.25) is 0 Å². The van der Waals surface area contributed by atoms with Crippen LogP contribution in [0, 0.1) is 11.6 Å². The molecule has 0 saturated carbocycles. The van der Waals surface area contributed by atoms with E-state index in [0.717, 1.165) is 6.42 Å². The lowest BCUT2D eigenvalue weighted by atomic mass is 10.1. The van der Waals surface area contributed by atoms with Gasteiger partial charge in [-0.15, -0.1) is 0 Å². The molecular formula is C12H19F2N3O2. The van der Waals surface area contributed by atoms with Gasteiger partial charge in [0.05, 0.1) is 18.8 Å². The number of hydrogen-bond donors (Lipinski definition) is 4. The molecular weight excluding hydrogens is 256 g/mol. The number of nitrogens with one attached hydrogen (secondary N) is 2. The molecule has 0 spiro atoms. The van der Waals surface area contributed by atoms with E-state index >= 15 is 0 Å². The minimum absolute atomic E-state index is 0.0658. The number of aliphatic hydroxyl groups excluding tert-OH is 2. The molecule has 0 fully saturated rings. The highest BCUT2D eigenvalue weighted by molar-refractivity contribution is 5.48. The molecule has 0 aromatic carbocycles. The molecule has 0 unspecified atom stereocenters. The lowest BCUT2D eigenvalue weighted by molar-refractivity contribution is 0.147. The Balaban J connectivity index is 3.00. The Morgan fingerprint density at radius 3 is 2.32 bits per heavy atom. The Bertz CT molecular complexity index is 426. The summed E-state index contributed by atoms with van der Waals surface area (Å²) in [5.74, 6) is -1.95. The third kappa shape index (κ3) is 4.00. The van der Waals surface area contributed by atoms with Crippen LogP contribution in [0.25, 0.3) is 0 Å². The van der Waals surface area contributed by atoms with E-state index in [2.05, 4.69) is 15.6 Å². The first kappa shape index (κ1) is 15.6. The molecule has 0 amide bonds. The highest BCUT2D eigenvalue weighted by Crippen LogP contribution is 2.22. The number of rotatable bonds is 7. The lowest BCUT2D eigenvalue weighted by Gasteiger charge is -2.27. The van der Waals surface area contributed by atoms with Crippen molar-refractivity contribution in [1.29, 1.82) is 0 Å². The Morgan fingerprint density at radius 1 is 1.21 bits per heavy atom. The highest BCUT2D eigenvalue weighted by Gasteiger charge is 2.25. The van der Waals surface area contributed by atoms with Gasteiger partial charge in [0.15, 0.2) is 23.3 Å². The van der Waals surface area contributed by atoms with Crippen molar-refractivity contribution in [2.24, 2.45) is 0 Å². The van der Waals surface area contributed by atoms with Crippen molar-refractivity contribution < 1.29 is 19.0 Å². The summed E-state index contributed by atoms with van der Waals surface area (Å²) >= 11 is 0. The molecule has 0 aliphatic carbocycles.